The molecular weight excluding hydrogens is 437 g/mol. The normalized spacial score (nSPS) is 39.7. The molecule has 2 aliphatic carbocycles. The average molecular weight is 450 g/mol. The monoisotopic (exact) mass is 447 g/mol. The lowest BCUT2D eigenvalue weighted by atomic mass is 9.81. The van der Waals surface area contributed by atoms with E-state index in [2.05, 4.69) is 31.9 Å². The van der Waals surface area contributed by atoms with Gasteiger partial charge in [0, 0.05) is 20.7 Å². The van der Waals surface area contributed by atoms with Gasteiger partial charge in [-0.1, -0.05) is 43.5 Å². The van der Waals surface area contributed by atoms with E-state index in [-0.39, 0.29) is 56.6 Å². The number of halogens is 3. The molecule has 2 bridgehead atoms. The van der Waals surface area contributed by atoms with Crippen LogP contribution >= 0.6 is 43.5 Å². The summed E-state index contributed by atoms with van der Waals surface area (Å²) in [6, 6.07) is 4.44. The molecule has 4 nitrogen and oxygen atoms in total. The summed E-state index contributed by atoms with van der Waals surface area (Å²) in [7, 11) is 0. The number of hydrogen-bond donors (Lipinski definition) is 1. The van der Waals surface area contributed by atoms with E-state index in [1.165, 1.54) is 12.1 Å². The summed E-state index contributed by atoms with van der Waals surface area (Å²) in [6.07, 6.45) is 0.888. The fourth-order valence-electron chi connectivity index (χ4n) is 4.27. The van der Waals surface area contributed by atoms with Crippen LogP contribution in [0.15, 0.2) is 18.2 Å². The van der Waals surface area contributed by atoms with Gasteiger partial charge in [-0.25, -0.2) is 4.90 Å². The summed E-state index contributed by atoms with van der Waals surface area (Å²) < 4.78 is 0. The number of amides is 2. The predicted molar refractivity (Wildman–Crippen MR) is 89.6 cm³/mol. The van der Waals surface area contributed by atoms with Gasteiger partial charge in [-0.3, -0.25) is 9.59 Å². The Bertz CT molecular complexity index is 665. The number of carbonyl (C=O) groups excluding carboxylic acids is 2. The molecule has 3 aliphatic rings. The highest BCUT2D eigenvalue weighted by atomic mass is 79.9. The Morgan fingerprint density at radius 1 is 1.09 bits per heavy atom. The van der Waals surface area contributed by atoms with Crippen LogP contribution in [0, 0.1) is 23.7 Å². The summed E-state index contributed by atoms with van der Waals surface area (Å²) in [5, 5.41) is 10.4. The van der Waals surface area contributed by atoms with Gasteiger partial charge < -0.3 is 5.11 Å². The minimum absolute atomic E-state index is 0.146. The first-order valence-electron chi connectivity index (χ1n) is 7.06. The number of aromatic hydroxyl groups is 1. The highest BCUT2D eigenvalue weighted by molar-refractivity contribution is 9.12. The van der Waals surface area contributed by atoms with Gasteiger partial charge in [-0.15, -0.1) is 0 Å². The van der Waals surface area contributed by atoms with Gasteiger partial charge in [0.1, 0.15) is 5.75 Å². The molecule has 1 N–H and O–H groups in total. The number of hydrogen-bond acceptors (Lipinski definition) is 3. The van der Waals surface area contributed by atoms with Crippen molar-refractivity contribution in [3.8, 4) is 5.75 Å². The van der Waals surface area contributed by atoms with Crippen molar-refractivity contribution in [2.45, 2.75) is 16.1 Å². The summed E-state index contributed by atoms with van der Waals surface area (Å²) >= 11 is 13.1. The number of phenolic OH excluding ortho intramolecular Hbond substituents is 1. The Labute approximate surface area is 149 Å². The van der Waals surface area contributed by atoms with Gasteiger partial charge in [0.2, 0.25) is 11.8 Å². The maximum absolute atomic E-state index is 12.8. The Kier molecular flexibility index (Phi) is 3.37. The van der Waals surface area contributed by atoms with E-state index >= 15 is 0 Å². The van der Waals surface area contributed by atoms with E-state index in [0.29, 0.717) is 5.02 Å². The standard InChI is InChI=1S/C15H12Br2ClNO3/c16-12-6-4-7(13(12)17)11-10(6)14(21)19(15(11)22)8-2-1-5(18)3-9(8)20/h1-3,6-7,10-13,20H,4H2/t6-,7-,10-,11-,12+,13+/m1/s1. The number of imide groups is 1. The molecule has 7 heteroatoms. The number of alkyl halides is 2. The summed E-state index contributed by atoms with van der Waals surface area (Å²) in [4.78, 5) is 27.2. The van der Waals surface area contributed by atoms with E-state index in [4.69, 9.17) is 11.6 Å². The minimum Gasteiger partial charge on any atom is -0.506 e. The number of benzene rings is 1. The van der Waals surface area contributed by atoms with E-state index in [0.717, 1.165) is 11.3 Å². The molecule has 1 aromatic carbocycles. The molecule has 116 valence electrons. The predicted octanol–water partition coefficient (Wildman–Crippen LogP) is 3.33. The Morgan fingerprint density at radius 2 is 1.64 bits per heavy atom. The third kappa shape index (κ3) is 1.80. The smallest absolute Gasteiger partial charge is 0.238 e. The van der Waals surface area contributed by atoms with Crippen LogP contribution < -0.4 is 4.90 Å². The van der Waals surface area contributed by atoms with Crippen molar-refractivity contribution in [3.63, 3.8) is 0 Å². The van der Waals surface area contributed by atoms with Crippen LogP contribution in [0.2, 0.25) is 5.02 Å². The van der Waals surface area contributed by atoms with Gasteiger partial charge in [0.15, 0.2) is 0 Å². The van der Waals surface area contributed by atoms with E-state index < -0.39 is 0 Å². The molecule has 1 aromatic rings. The first-order valence-corrected chi connectivity index (χ1v) is 9.27. The maximum Gasteiger partial charge on any atom is 0.238 e. The lowest BCUT2D eigenvalue weighted by Gasteiger charge is -2.28. The van der Waals surface area contributed by atoms with Crippen LogP contribution in [0.5, 0.6) is 5.75 Å². The Balaban J connectivity index is 1.76. The van der Waals surface area contributed by atoms with Gasteiger partial charge >= 0.3 is 0 Å². The quantitative estimate of drug-likeness (QED) is 0.529. The van der Waals surface area contributed by atoms with Gasteiger partial charge in [-0.2, -0.15) is 0 Å². The number of phenols is 1. The Morgan fingerprint density at radius 3 is 2.14 bits per heavy atom. The molecule has 2 amide bonds. The van der Waals surface area contributed by atoms with E-state index in [1.54, 1.807) is 6.07 Å². The SMILES string of the molecule is O=C1[C@@H]2[C@H]3C[C@@H]([C@H](Br)[C@H]3Br)[C@H]2C(=O)N1c1ccc(Cl)cc1O. The number of carbonyl (C=O) groups is 2. The third-order valence-electron chi connectivity index (χ3n) is 5.17. The molecule has 4 rings (SSSR count). The lowest BCUT2D eigenvalue weighted by molar-refractivity contribution is -0.123. The largest absolute Gasteiger partial charge is 0.506 e. The van der Waals surface area contributed by atoms with Crippen LogP contribution in [0.25, 0.3) is 0 Å². The summed E-state index contributed by atoms with van der Waals surface area (Å²) in [5.41, 5.74) is 0.227. The molecule has 6 atom stereocenters. The van der Waals surface area contributed by atoms with Crippen molar-refractivity contribution in [2.24, 2.45) is 23.7 Å². The minimum atomic E-state index is -0.286. The van der Waals surface area contributed by atoms with Crippen LogP contribution in [0.4, 0.5) is 5.69 Å². The summed E-state index contributed by atoms with van der Waals surface area (Å²) in [5.74, 6) is -0.803. The molecule has 1 saturated heterocycles. The van der Waals surface area contributed by atoms with Crippen molar-refractivity contribution < 1.29 is 14.7 Å². The average Bonchev–Trinajstić information content (AvgIpc) is 3.06. The lowest BCUT2D eigenvalue weighted by Crippen LogP contribution is -2.37. The zero-order chi connectivity index (χ0) is 15.8. The molecule has 0 radical (unpaired) electrons. The first-order chi connectivity index (χ1) is 10.4. The van der Waals surface area contributed by atoms with Crippen LogP contribution in [-0.2, 0) is 9.59 Å². The second-order valence-corrected chi connectivity index (χ2v) is 8.70. The van der Waals surface area contributed by atoms with Gasteiger partial charge in [0.25, 0.3) is 0 Å². The molecular formula is C15H12Br2ClNO3. The van der Waals surface area contributed by atoms with E-state index in [9.17, 15) is 14.7 Å². The van der Waals surface area contributed by atoms with Gasteiger partial charge in [0.05, 0.1) is 17.5 Å². The van der Waals surface area contributed by atoms with Crippen LogP contribution in [0.1, 0.15) is 6.42 Å². The fourth-order valence-corrected chi connectivity index (χ4v) is 6.31. The number of fused-ring (bicyclic) bond motifs is 5. The maximum atomic E-state index is 12.8. The molecule has 1 aliphatic heterocycles. The van der Waals surface area contributed by atoms with Crippen LogP contribution in [-0.4, -0.2) is 26.6 Å². The topological polar surface area (TPSA) is 57.6 Å². The van der Waals surface area contributed by atoms with Crippen LogP contribution in [0.3, 0.4) is 0 Å². The molecule has 0 spiro atoms. The molecule has 3 fully saturated rings. The van der Waals surface area contributed by atoms with Crippen molar-refractivity contribution >= 4 is 61.0 Å². The second kappa shape index (κ2) is 4.95. The first kappa shape index (κ1) is 15.0. The number of rotatable bonds is 1. The van der Waals surface area contributed by atoms with Crippen molar-refractivity contribution in [1.82, 2.24) is 0 Å². The molecule has 1 heterocycles. The third-order valence-corrected chi connectivity index (χ3v) is 8.61. The molecule has 2 saturated carbocycles. The molecule has 0 unspecified atom stereocenters. The zero-order valence-electron chi connectivity index (χ0n) is 11.2. The number of nitrogens with zero attached hydrogens (tertiary/aromatic N) is 1. The highest BCUT2D eigenvalue weighted by Gasteiger charge is 2.66. The van der Waals surface area contributed by atoms with Crippen molar-refractivity contribution in [3.05, 3.63) is 23.2 Å². The zero-order valence-corrected chi connectivity index (χ0v) is 15.2. The van der Waals surface area contributed by atoms with E-state index in [1.807, 2.05) is 0 Å². The second-order valence-electron chi connectivity index (χ2n) is 6.15. The molecule has 0 aromatic heterocycles. The Hall–Kier alpha value is -0.590. The van der Waals surface area contributed by atoms with Crippen molar-refractivity contribution in [1.29, 1.82) is 0 Å². The number of anilines is 1. The fraction of sp³-hybridized carbons (Fsp3) is 0.467. The summed E-state index contributed by atoms with van der Waals surface area (Å²) in [6.45, 7) is 0. The van der Waals surface area contributed by atoms with Gasteiger partial charge in [-0.05, 0) is 30.4 Å². The molecule has 22 heavy (non-hydrogen) atoms. The highest BCUT2D eigenvalue weighted by Crippen LogP contribution is 2.60. The van der Waals surface area contributed by atoms with Crippen molar-refractivity contribution in [2.75, 3.05) is 4.90 Å².